The SMILES string of the molecule is CCC(N)C(CCN)C(C)N. The van der Waals surface area contributed by atoms with Crippen molar-refractivity contribution in [3.63, 3.8) is 0 Å². The Morgan fingerprint density at radius 2 is 1.82 bits per heavy atom. The summed E-state index contributed by atoms with van der Waals surface area (Å²) in [5.74, 6) is 0.380. The van der Waals surface area contributed by atoms with Gasteiger partial charge in [0.15, 0.2) is 0 Å². The Kier molecular flexibility index (Phi) is 5.46. The summed E-state index contributed by atoms with van der Waals surface area (Å²) in [5, 5.41) is 0. The van der Waals surface area contributed by atoms with Crippen LogP contribution in [0.3, 0.4) is 0 Å². The first-order valence-electron chi connectivity index (χ1n) is 4.34. The standard InChI is InChI=1S/C8H21N3/c1-3-8(11)7(4-5-9)6(2)10/h6-8H,3-5,9-11H2,1-2H3. The Bertz CT molecular complexity index is 93.3. The average molecular weight is 159 g/mol. The fraction of sp³-hybridized carbons (Fsp3) is 1.00. The highest BCUT2D eigenvalue weighted by molar-refractivity contribution is 4.78. The zero-order valence-corrected chi connectivity index (χ0v) is 7.59. The van der Waals surface area contributed by atoms with Gasteiger partial charge in [-0.05, 0) is 32.2 Å². The highest BCUT2D eigenvalue weighted by Crippen LogP contribution is 2.12. The van der Waals surface area contributed by atoms with Crippen molar-refractivity contribution in [1.29, 1.82) is 0 Å². The molecule has 0 radical (unpaired) electrons. The maximum atomic E-state index is 5.87. The molecule has 6 N–H and O–H groups in total. The molecular formula is C8H21N3. The Morgan fingerprint density at radius 1 is 1.27 bits per heavy atom. The second-order valence-corrected chi connectivity index (χ2v) is 3.17. The van der Waals surface area contributed by atoms with Crippen LogP contribution in [0.2, 0.25) is 0 Å². The van der Waals surface area contributed by atoms with E-state index in [1.807, 2.05) is 6.92 Å². The molecule has 0 saturated carbocycles. The Hall–Kier alpha value is -0.120. The lowest BCUT2D eigenvalue weighted by molar-refractivity contribution is 0.339. The monoisotopic (exact) mass is 159 g/mol. The molecule has 0 aliphatic heterocycles. The molecular weight excluding hydrogens is 138 g/mol. The molecule has 0 heterocycles. The van der Waals surface area contributed by atoms with Crippen LogP contribution < -0.4 is 17.2 Å². The van der Waals surface area contributed by atoms with Gasteiger partial charge in [-0.2, -0.15) is 0 Å². The van der Waals surface area contributed by atoms with Crippen molar-refractivity contribution in [2.45, 2.75) is 38.8 Å². The quantitative estimate of drug-likeness (QED) is 0.530. The summed E-state index contributed by atoms with van der Waals surface area (Å²) in [6, 6.07) is 0.368. The molecule has 3 heteroatoms. The van der Waals surface area contributed by atoms with E-state index in [2.05, 4.69) is 6.92 Å². The van der Waals surface area contributed by atoms with E-state index in [0.29, 0.717) is 12.5 Å². The van der Waals surface area contributed by atoms with Crippen LogP contribution in [0.4, 0.5) is 0 Å². The van der Waals surface area contributed by atoms with Crippen LogP contribution in [0.5, 0.6) is 0 Å². The molecule has 0 rings (SSSR count). The predicted molar refractivity (Wildman–Crippen MR) is 49.1 cm³/mol. The molecule has 0 spiro atoms. The zero-order chi connectivity index (χ0) is 8.85. The largest absolute Gasteiger partial charge is 0.330 e. The lowest BCUT2D eigenvalue weighted by Crippen LogP contribution is -2.41. The van der Waals surface area contributed by atoms with Crippen molar-refractivity contribution >= 4 is 0 Å². The summed E-state index contributed by atoms with van der Waals surface area (Å²) >= 11 is 0. The molecule has 11 heavy (non-hydrogen) atoms. The summed E-state index contributed by atoms with van der Waals surface area (Å²) in [7, 11) is 0. The number of hydrogen-bond donors (Lipinski definition) is 3. The van der Waals surface area contributed by atoms with Gasteiger partial charge in [0, 0.05) is 12.1 Å². The molecule has 0 amide bonds. The first-order chi connectivity index (χ1) is 5.13. The van der Waals surface area contributed by atoms with Crippen LogP contribution in [-0.4, -0.2) is 18.6 Å². The molecule has 0 aliphatic rings. The van der Waals surface area contributed by atoms with Crippen molar-refractivity contribution in [3.05, 3.63) is 0 Å². The summed E-state index contributed by atoms with van der Waals surface area (Å²) in [4.78, 5) is 0. The molecule has 0 aromatic rings. The van der Waals surface area contributed by atoms with Crippen molar-refractivity contribution in [3.8, 4) is 0 Å². The second-order valence-electron chi connectivity index (χ2n) is 3.17. The zero-order valence-electron chi connectivity index (χ0n) is 7.59. The van der Waals surface area contributed by atoms with Crippen LogP contribution in [0.15, 0.2) is 0 Å². The number of rotatable bonds is 5. The lowest BCUT2D eigenvalue weighted by Gasteiger charge is -2.25. The fourth-order valence-corrected chi connectivity index (χ4v) is 1.36. The third-order valence-electron chi connectivity index (χ3n) is 2.20. The number of nitrogens with two attached hydrogens (primary N) is 3. The van der Waals surface area contributed by atoms with E-state index in [1.54, 1.807) is 0 Å². The first kappa shape index (κ1) is 10.9. The third kappa shape index (κ3) is 3.70. The molecule has 0 aliphatic carbocycles. The first-order valence-corrected chi connectivity index (χ1v) is 4.34. The highest BCUT2D eigenvalue weighted by Gasteiger charge is 2.18. The maximum Gasteiger partial charge on any atom is 0.00796 e. The Morgan fingerprint density at radius 3 is 2.09 bits per heavy atom. The van der Waals surface area contributed by atoms with Gasteiger partial charge >= 0.3 is 0 Å². The normalized spacial score (nSPS) is 19.4. The number of hydrogen-bond acceptors (Lipinski definition) is 3. The smallest absolute Gasteiger partial charge is 0.00796 e. The summed E-state index contributed by atoms with van der Waals surface area (Å²) in [6.07, 6.45) is 1.92. The fourth-order valence-electron chi connectivity index (χ4n) is 1.36. The molecule has 68 valence electrons. The van der Waals surface area contributed by atoms with Crippen LogP contribution in [0.25, 0.3) is 0 Å². The summed E-state index contributed by atoms with van der Waals surface area (Å²) in [5.41, 5.74) is 17.1. The molecule has 3 unspecified atom stereocenters. The molecule has 0 saturated heterocycles. The predicted octanol–water partition coefficient (Wildman–Crippen LogP) is 0.0359. The van der Waals surface area contributed by atoms with Crippen LogP contribution in [0.1, 0.15) is 26.7 Å². The van der Waals surface area contributed by atoms with Crippen LogP contribution in [-0.2, 0) is 0 Å². The molecule has 0 bridgehead atoms. The van der Waals surface area contributed by atoms with Crippen molar-refractivity contribution in [1.82, 2.24) is 0 Å². The Balaban J connectivity index is 3.87. The van der Waals surface area contributed by atoms with E-state index >= 15 is 0 Å². The molecule has 0 aromatic heterocycles. The van der Waals surface area contributed by atoms with Gasteiger partial charge in [0.05, 0.1) is 0 Å². The van der Waals surface area contributed by atoms with Gasteiger partial charge in [-0.1, -0.05) is 6.92 Å². The van der Waals surface area contributed by atoms with E-state index in [4.69, 9.17) is 17.2 Å². The molecule has 3 nitrogen and oxygen atoms in total. The highest BCUT2D eigenvalue weighted by atomic mass is 14.7. The van der Waals surface area contributed by atoms with Gasteiger partial charge < -0.3 is 17.2 Å². The van der Waals surface area contributed by atoms with E-state index in [0.717, 1.165) is 12.8 Å². The van der Waals surface area contributed by atoms with Crippen molar-refractivity contribution in [2.75, 3.05) is 6.54 Å². The van der Waals surface area contributed by atoms with Gasteiger partial charge in [0.2, 0.25) is 0 Å². The topological polar surface area (TPSA) is 78.1 Å². The van der Waals surface area contributed by atoms with Gasteiger partial charge in [-0.3, -0.25) is 0 Å². The Labute approximate surface area is 69.3 Å². The summed E-state index contributed by atoms with van der Waals surface area (Å²) in [6.45, 7) is 4.76. The molecule has 3 atom stereocenters. The molecule has 0 aromatic carbocycles. The average Bonchev–Trinajstić information content (AvgIpc) is 1.98. The van der Waals surface area contributed by atoms with Gasteiger partial charge in [0.1, 0.15) is 0 Å². The lowest BCUT2D eigenvalue weighted by atomic mass is 9.89. The van der Waals surface area contributed by atoms with Gasteiger partial charge in [-0.25, -0.2) is 0 Å². The summed E-state index contributed by atoms with van der Waals surface area (Å²) < 4.78 is 0. The minimum atomic E-state index is 0.161. The van der Waals surface area contributed by atoms with Gasteiger partial charge in [0.25, 0.3) is 0 Å². The van der Waals surface area contributed by atoms with E-state index in [-0.39, 0.29) is 12.1 Å². The minimum Gasteiger partial charge on any atom is -0.330 e. The van der Waals surface area contributed by atoms with E-state index < -0.39 is 0 Å². The van der Waals surface area contributed by atoms with Crippen molar-refractivity contribution in [2.24, 2.45) is 23.1 Å². The van der Waals surface area contributed by atoms with E-state index in [1.165, 1.54) is 0 Å². The minimum absolute atomic E-state index is 0.161. The van der Waals surface area contributed by atoms with Crippen LogP contribution in [0, 0.1) is 5.92 Å². The third-order valence-corrected chi connectivity index (χ3v) is 2.20. The second kappa shape index (κ2) is 5.52. The maximum absolute atomic E-state index is 5.87. The van der Waals surface area contributed by atoms with Crippen molar-refractivity contribution < 1.29 is 0 Å². The van der Waals surface area contributed by atoms with Gasteiger partial charge in [-0.15, -0.1) is 0 Å². The van der Waals surface area contributed by atoms with Crippen LogP contribution >= 0.6 is 0 Å². The molecule has 0 fully saturated rings. The van der Waals surface area contributed by atoms with E-state index in [9.17, 15) is 0 Å².